The normalized spacial score (nSPS) is 24.0. The average Bonchev–Trinajstić information content (AvgIpc) is 2.72. The maximum absolute atomic E-state index is 12.6. The summed E-state index contributed by atoms with van der Waals surface area (Å²) < 4.78 is 5.14. The van der Waals surface area contributed by atoms with Gasteiger partial charge in [-0.3, -0.25) is 0 Å². The molecule has 0 amide bonds. The van der Waals surface area contributed by atoms with Gasteiger partial charge in [-0.05, 0) is 79.5 Å². The van der Waals surface area contributed by atoms with Crippen LogP contribution in [0.1, 0.15) is 110 Å². The Labute approximate surface area is 158 Å². The molecule has 0 radical (unpaired) electrons. The number of methoxy groups -OCH3 is 1. The van der Waals surface area contributed by atoms with E-state index in [9.17, 15) is 4.79 Å². The quantitative estimate of drug-likeness (QED) is 0.477. The van der Waals surface area contributed by atoms with Gasteiger partial charge < -0.3 is 4.74 Å². The van der Waals surface area contributed by atoms with Gasteiger partial charge in [0.2, 0.25) is 0 Å². The van der Waals surface area contributed by atoms with Crippen LogP contribution in [0.25, 0.3) is 0 Å². The Bertz CT molecular complexity index is 668. The molecule has 2 aliphatic carbocycles. The molecule has 0 saturated heterocycles. The first kappa shape index (κ1) is 19.0. The summed E-state index contributed by atoms with van der Waals surface area (Å²) >= 11 is 0. The van der Waals surface area contributed by atoms with E-state index < -0.39 is 0 Å². The molecule has 0 bridgehead atoms. The lowest BCUT2D eigenvalue weighted by Crippen LogP contribution is -2.20. The summed E-state index contributed by atoms with van der Waals surface area (Å²) in [4.78, 5) is 12.6. The van der Waals surface area contributed by atoms with Gasteiger partial charge >= 0.3 is 5.97 Å². The zero-order chi connectivity index (χ0) is 18.5. The number of benzene rings is 1. The van der Waals surface area contributed by atoms with Crippen LogP contribution in [0, 0.1) is 18.3 Å². The van der Waals surface area contributed by atoms with Crippen molar-refractivity contribution in [2.45, 2.75) is 83.0 Å². The van der Waals surface area contributed by atoms with Gasteiger partial charge in [0.15, 0.2) is 0 Å². The van der Waals surface area contributed by atoms with Crippen LogP contribution in [-0.2, 0) is 4.74 Å². The van der Waals surface area contributed by atoms with Gasteiger partial charge in [-0.2, -0.15) is 0 Å². The second-order valence-corrected chi connectivity index (χ2v) is 8.08. The predicted molar refractivity (Wildman–Crippen MR) is 107 cm³/mol. The fraction of sp³-hybridized carbons (Fsp3) is 0.625. The van der Waals surface area contributed by atoms with Crippen molar-refractivity contribution in [1.29, 1.82) is 0 Å². The Morgan fingerprint density at radius 1 is 1.04 bits per heavy atom. The van der Waals surface area contributed by atoms with Gasteiger partial charge in [0, 0.05) is 5.56 Å². The second-order valence-electron chi connectivity index (χ2n) is 8.08. The molecule has 2 heteroatoms. The van der Waals surface area contributed by atoms with E-state index >= 15 is 0 Å². The van der Waals surface area contributed by atoms with Crippen LogP contribution < -0.4 is 0 Å². The van der Waals surface area contributed by atoms with E-state index in [1.807, 2.05) is 12.1 Å². The van der Waals surface area contributed by atoms with E-state index in [1.165, 1.54) is 69.6 Å². The van der Waals surface area contributed by atoms with E-state index in [-0.39, 0.29) is 5.97 Å². The second kappa shape index (κ2) is 8.76. The highest BCUT2D eigenvalue weighted by Crippen LogP contribution is 2.45. The van der Waals surface area contributed by atoms with E-state index in [0.717, 1.165) is 29.9 Å². The van der Waals surface area contributed by atoms with Crippen molar-refractivity contribution in [1.82, 2.24) is 0 Å². The number of carbonyl (C=O) groups excluding carboxylic acids is 1. The monoisotopic (exact) mass is 352 g/mol. The van der Waals surface area contributed by atoms with Crippen molar-refractivity contribution >= 4 is 5.97 Å². The summed E-state index contributed by atoms with van der Waals surface area (Å²) in [6.07, 6.45) is 18.2. The highest BCUT2D eigenvalue weighted by molar-refractivity contribution is 5.92. The van der Waals surface area contributed by atoms with Crippen LogP contribution in [-0.4, -0.2) is 13.1 Å². The minimum absolute atomic E-state index is 0.210. The molecule has 0 spiro atoms. The zero-order valence-corrected chi connectivity index (χ0v) is 16.4. The predicted octanol–water partition coefficient (Wildman–Crippen LogP) is 6.19. The van der Waals surface area contributed by atoms with Crippen molar-refractivity contribution < 1.29 is 9.53 Å². The molecule has 2 fully saturated rings. The largest absolute Gasteiger partial charge is 0.465 e. The summed E-state index contributed by atoms with van der Waals surface area (Å²) in [5.74, 6) is 4.49. The van der Waals surface area contributed by atoms with Gasteiger partial charge in [-0.15, -0.1) is 6.42 Å². The van der Waals surface area contributed by atoms with Gasteiger partial charge in [0.1, 0.15) is 0 Å². The molecule has 2 saturated carbocycles. The summed E-state index contributed by atoms with van der Waals surface area (Å²) in [6, 6.07) is 3.88. The van der Waals surface area contributed by atoms with Crippen LogP contribution in [0.2, 0.25) is 0 Å². The molecular formula is C24H32O2. The molecule has 0 N–H and O–H groups in total. The highest BCUT2D eigenvalue weighted by atomic mass is 16.5. The van der Waals surface area contributed by atoms with E-state index in [4.69, 9.17) is 11.2 Å². The molecule has 0 unspecified atom stereocenters. The number of esters is 1. The maximum Gasteiger partial charge on any atom is 0.338 e. The summed E-state index contributed by atoms with van der Waals surface area (Å²) in [5, 5.41) is 0. The van der Waals surface area contributed by atoms with Crippen molar-refractivity contribution in [3.05, 3.63) is 34.4 Å². The van der Waals surface area contributed by atoms with Gasteiger partial charge in [-0.1, -0.05) is 38.5 Å². The lowest BCUT2D eigenvalue weighted by Gasteiger charge is -2.34. The molecule has 2 aliphatic rings. The lowest BCUT2D eigenvalue weighted by molar-refractivity contribution is 0.0598. The van der Waals surface area contributed by atoms with Crippen LogP contribution in [0.3, 0.4) is 0 Å². The van der Waals surface area contributed by atoms with E-state index in [2.05, 4.69) is 12.8 Å². The Morgan fingerprint density at radius 3 is 2.27 bits per heavy atom. The molecular weight excluding hydrogens is 320 g/mol. The fourth-order valence-corrected chi connectivity index (χ4v) is 5.18. The molecule has 0 heterocycles. The Hall–Kier alpha value is -1.75. The first-order valence-corrected chi connectivity index (χ1v) is 10.4. The topological polar surface area (TPSA) is 26.3 Å². The Balaban J connectivity index is 2.07. The first-order chi connectivity index (χ1) is 12.7. The number of hydrogen-bond acceptors (Lipinski definition) is 2. The number of hydrogen-bond donors (Lipinski definition) is 0. The highest BCUT2D eigenvalue weighted by Gasteiger charge is 2.31. The molecule has 3 rings (SSSR count). The Morgan fingerprint density at radius 2 is 1.69 bits per heavy atom. The molecule has 0 atom stereocenters. The van der Waals surface area contributed by atoms with Crippen LogP contribution in [0.5, 0.6) is 0 Å². The molecule has 1 aromatic carbocycles. The molecule has 1 aromatic rings. The van der Waals surface area contributed by atoms with Gasteiger partial charge in [0.25, 0.3) is 0 Å². The number of ether oxygens (including phenoxy) is 1. The minimum atomic E-state index is -0.210. The average molecular weight is 353 g/mol. The van der Waals surface area contributed by atoms with Gasteiger partial charge in [-0.25, -0.2) is 4.79 Å². The number of carbonyl (C=O) groups is 1. The van der Waals surface area contributed by atoms with Crippen LogP contribution in [0.4, 0.5) is 0 Å². The third kappa shape index (κ3) is 3.83. The first-order valence-electron chi connectivity index (χ1n) is 10.4. The molecule has 140 valence electrons. The van der Waals surface area contributed by atoms with E-state index in [0.29, 0.717) is 11.8 Å². The van der Waals surface area contributed by atoms with E-state index in [1.54, 1.807) is 0 Å². The third-order valence-corrected chi connectivity index (χ3v) is 6.69. The Kier molecular flexibility index (Phi) is 6.41. The lowest BCUT2D eigenvalue weighted by atomic mass is 9.71. The third-order valence-electron chi connectivity index (χ3n) is 6.69. The maximum atomic E-state index is 12.6. The van der Waals surface area contributed by atoms with Crippen molar-refractivity contribution in [2.75, 3.05) is 7.11 Å². The number of rotatable bonds is 4. The SMILES string of the molecule is C#Cc1ccc(C(=O)OC)c(C2CCC(CC)CC2)c1C1CCCCC1. The number of terminal acetylenes is 1. The van der Waals surface area contributed by atoms with Crippen molar-refractivity contribution in [2.24, 2.45) is 5.92 Å². The van der Waals surface area contributed by atoms with Gasteiger partial charge in [0.05, 0.1) is 12.7 Å². The molecule has 2 nitrogen and oxygen atoms in total. The zero-order valence-electron chi connectivity index (χ0n) is 16.4. The van der Waals surface area contributed by atoms with Crippen LogP contribution >= 0.6 is 0 Å². The minimum Gasteiger partial charge on any atom is -0.465 e. The summed E-state index contributed by atoms with van der Waals surface area (Å²) in [7, 11) is 1.48. The summed E-state index contributed by atoms with van der Waals surface area (Å²) in [5.41, 5.74) is 4.29. The fourth-order valence-electron chi connectivity index (χ4n) is 5.18. The standard InChI is InChI=1S/C24H32O2/c1-4-17-11-13-20(14-12-17)23-21(24(25)26-3)16-15-18(5-2)22(23)19-9-7-6-8-10-19/h2,15-17,19-20H,4,6-14H2,1,3H3. The van der Waals surface area contributed by atoms with Crippen LogP contribution in [0.15, 0.2) is 12.1 Å². The van der Waals surface area contributed by atoms with Crippen molar-refractivity contribution in [3.63, 3.8) is 0 Å². The summed E-state index contributed by atoms with van der Waals surface area (Å²) in [6.45, 7) is 2.29. The van der Waals surface area contributed by atoms with Crippen molar-refractivity contribution in [3.8, 4) is 12.3 Å². The molecule has 0 aliphatic heterocycles. The smallest absolute Gasteiger partial charge is 0.338 e. The molecule has 0 aromatic heterocycles. The molecule has 26 heavy (non-hydrogen) atoms.